The summed E-state index contributed by atoms with van der Waals surface area (Å²) in [4.78, 5) is 26.6. The number of piperidine rings is 1. The molecule has 1 aromatic carbocycles. The van der Waals surface area contributed by atoms with Crippen molar-refractivity contribution in [2.24, 2.45) is 5.92 Å². The number of nitrogens with zero attached hydrogens (tertiary/aromatic N) is 1. The molecule has 24 heavy (non-hydrogen) atoms. The van der Waals surface area contributed by atoms with E-state index < -0.39 is 0 Å². The minimum Gasteiger partial charge on any atom is -0.495 e. The third-order valence-corrected chi connectivity index (χ3v) is 4.38. The van der Waals surface area contributed by atoms with Crippen LogP contribution in [-0.2, 0) is 9.59 Å². The SMILES string of the molecule is CCN(CC(=O)Nc1ccccc1OC)C(=O)[C@H]1CCN[C@@H](C)C1. The monoisotopic (exact) mass is 333 g/mol. The van der Waals surface area contributed by atoms with Gasteiger partial charge in [0.2, 0.25) is 11.8 Å². The second-order valence-electron chi connectivity index (χ2n) is 6.18. The Morgan fingerprint density at radius 1 is 1.38 bits per heavy atom. The molecule has 0 bridgehead atoms. The van der Waals surface area contributed by atoms with Crippen LogP contribution < -0.4 is 15.4 Å². The Balaban J connectivity index is 1.96. The van der Waals surface area contributed by atoms with Gasteiger partial charge in [0.25, 0.3) is 0 Å². The van der Waals surface area contributed by atoms with Crippen LogP contribution in [0.15, 0.2) is 24.3 Å². The summed E-state index contributed by atoms with van der Waals surface area (Å²) in [5.74, 6) is 0.463. The summed E-state index contributed by atoms with van der Waals surface area (Å²) < 4.78 is 5.23. The highest BCUT2D eigenvalue weighted by Crippen LogP contribution is 2.23. The molecule has 1 heterocycles. The quantitative estimate of drug-likeness (QED) is 0.834. The van der Waals surface area contributed by atoms with Gasteiger partial charge in [0.05, 0.1) is 19.3 Å². The molecule has 2 rings (SSSR count). The molecule has 0 radical (unpaired) electrons. The van der Waals surface area contributed by atoms with Crippen LogP contribution in [0.3, 0.4) is 0 Å². The van der Waals surface area contributed by atoms with E-state index in [0.717, 1.165) is 19.4 Å². The van der Waals surface area contributed by atoms with Crippen molar-refractivity contribution in [1.82, 2.24) is 10.2 Å². The van der Waals surface area contributed by atoms with Gasteiger partial charge in [-0.1, -0.05) is 12.1 Å². The second kappa shape index (κ2) is 8.68. The predicted octanol–water partition coefficient (Wildman–Crippen LogP) is 1.87. The average Bonchev–Trinajstić information content (AvgIpc) is 2.59. The van der Waals surface area contributed by atoms with Crippen LogP contribution in [0.1, 0.15) is 26.7 Å². The van der Waals surface area contributed by atoms with Gasteiger partial charge in [-0.25, -0.2) is 0 Å². The molecule has 2 amide bonds. The summed E-state index contributed by atoms with van der Waals surface area (Å²) in [7, 11) is 1.56. The maximum absolute atomic E-state index is 12.7. The zero-order valence-corrected chi connectivity index (χ0v) is 14.7. The van der Waals surface area contributed by atoms with Crippen molar-refractivity contribution in [2.45, 2.75) is 32.7 Å². The minimum absolute atomic E-state index is 0.000242. The van der Waals surface area contributed by atoms with Gasteiger partial charge >= 0.3 is 0 Å². The highest BCUT2D eigenvalue weighted by Gasteiger charge is 2.28. The molecule has 2 atom stereocenters. The first-order valence-corrected chi connectivity index (χ1v) is 8.50. The van der Waals surface area contributed by atoms with E-state index in [2.05, 4.69) is 17.6 Å². The van der Waals surface area contributed by atoms with E-state index in [4.69, 9.17) is 4.74 Å². The average molecular weight is 333 g/mol. The van der Waals surface area contributed by atoms with E-state index in [1.807, 2.05) is 19.1 Å². The fourth-order valence-corrected chi connectivity index (χ4v) is 3.07. The lowest BCUT2D eigenvalue weighted by Gasteiger charge is -2.31. The molecular weight excluding hydrogens is 306 g/mol. The van der Waals surface area contributed by atoms with E-state index in [-0.39, 0.29) is 24.3 Å². The van der Waals surface area contributed by atoms with Crippen molar-refractivity contribution in [3.05, 3.63) is 24.3 Å². The summed E-state index contributed by atoms with van der Waals surface area (Å²) in [5, 5.41) is 6.17. The molecule has 2 N–H and O–H groups in total. The van der Waals surface area contributed by atoms with E-state index >= 15 is 0 Å². The molecule has 1 aliphatic rings. The number of nitrogens with one attached hydrogen (secondary N) is 2. The number of benzene rings is 1. The lowest BCUT2D eigenvalue weighted by Crippen LogP contribution is -2.46. The molecule has 1 aliphatic heterocycles. The van der Waals surface area contributed by atoms with Crippen molar-refractivity contribution in [1.29, 1.82) is 0 Å². The van der Waals surface area contributed by atoms with Crippen molar-refractivity contribution in [2.75, 3.05) is 32.1 Å². The van der Waals surface area contributed by atoms with Gasteiger partial charge < -0.3 is 20.3 Å². The highest BCUT2D eigenvalue weighted by molar-refractivity contribution is 5.96. The Morgan fingerprint density at radius 3 is 2.79 bits per heavy atom. The number of ether oxygens (including phenoxy) is 1. The minimum atomic E-state index is -0.211. The lowest BCUT2D eigenvalue weighted by atomic mass is 9.92. The molecule has 1 saturated heterocycles. The molecule has 1 fully saturated rings. The zero-order chi connectivity index (χ0) is 17.5. The number of rotatable bonds is 6. The summed E-state index contributed by atoms with van der Waals surface area (Å²) in [6.45, 7) is 5.42. The molecule has 0 saturated carbocycles. The maximum atomic E-state index is 12.7. The number of methoxy groups -OCH3 is 1. The van der Waals surface area contributed by atoms with Crippen LogP contribution in [0.5, 0.6) is 5.75 Å². The summed E-state index contributed by atoms with van der Waals surface area (Å²) in [5.41, 5.74) is 0.615. The van der Waals surface area contributed by atoms with Crippen molar-refractivity contribution < 1.29 is 14.3 Å². The molecule has 0 spiro atoms. The van der Waals surface area contributed by atoms with Gasteiger partial charge in [0, 0.05) is 18.5 Å². The third-order valence-electron chi connectivity index (χ3n) is 4.38. The molecule has 0 aromatic heterocycles. The number of carbonyl (C=O) groups is 2. The van der Waals surface area contributed by atoms with E-state index in [1.165, 1.54) is 0 Å². The molecular formula is C18H27N3O3. The summed E-state index contributed by atoms with van der Waals surface area (Å²) in [6, 6.07) is 7.58. The number of anilines is 1. The standard InChI is InChI=1S/C18H27N3O3/c1-4-21(18(23)14-9-10-19-13(2)11-14)12-17(22)20-15-7-5-6-8-16(15)24-3/h5-8,13-14,19H,4,9-12H2,1-3H3,(H,20,22)/t13-,14-/m0/s1. The van der Waals surface area contributed by atoms with Crippen LogP contribution in [0, 0.1) is 5.92 Å². The van der Waals surface area contributed by atoms with Crippen molar-refractivity contribution in [3.63, 3.8) is 0 Å². The first-order valence-electron chi connectivity index (χ1n) is 8.50. The highest BCUT2D eigenvalue weighted by atomic mass is 16.5. The lowest BCUT2D eigenvalue weighted by molar-refractivity contribution is -0.139. The molecule has 6 heteroatoms. The van der Waals surface area contributed by atoms with Gasteiger partial charge in [0.15, 0.2) is 0 Å². The Labute approximate surface area is 143 Å². The van der Waals surface area contributed by atoms with Gasteiger partial charge in [-0.15, -0.1) is 0 Å². The summed E-state index contributed by atoms with van der Waals surface area (Å²) in [6.07, 6.45) is 1.65. The van der Waals surface area contributed by atoms with Gasteiger partial charge in [-0.2, -0.15) is 0 Å². The number of hydrogen-bond donors (Lipinski definition) is 2. The van der Waals surface area contributed by atoms with Crippen LogP contribution in [0.25, 0.3) is 0 Å². The van der Waals surface area contributed by atoms with E-state index in [1.54, 1.807) is 24.1 Å². The fourth-order valence-electron chi connectivity index (χ4n) is 3.07. The topological polar surface area (TPSA) is 70.7 Å². The van der Waals surface area contributed by atoms with Gasteiger partial charge in [0.1, 0.15) is 5.75 Å². The Morgan fingerprint density at radius 2 is 2.12 bits per heavy atom. The van der Waals surface area contributed by atoms with E-state index in [9.17, 15) is 9.59 Å². The van der Waals surface area contributed by atoms with Gasteiger partial charge in [-0.05, 0) is 45.4 Å². The fraction of sp³-hybridized carbons (Fsp3) is 0.556. The first kappa shape index (κ1) is 18.3. The van der Waals surface area contributed by atoms with Crippen molar-refractivity contribution >= 4 is 17.5 Å². The largest absolute Gasteiger partial charge is 0.495 e. The molecule has 0 unspecified atom stereocenters. The Bertz CT molecular complexity index is 576. The second-order valence-corrected chi connectivity index (χ2v) is 6.18. The smallest absolute Gasteiger partial charge is 0.244 e. The molecule has 1 aromatic rings. The van der Waals surface area contributed by atoms with Crippen LogP contribution >= 0.6 is 0 Å². The van der Waals surface area contributed by atoms with Gasteiger partial charge in [-0.3, -0.25) is 9.59 Å². The van der Waals surface area contributed by atoms with Crippen LogP contribution in [0.2, 0.25) is 0 Å². The van der Waals surface area contributed by atoms with Crippen LogP contribution in [-0.4, -0.2) is 49.5 Å². The molecule has 6 nitrogen and oxygen atoms in total. The number of amides is 2. The van der Waals surface area contributed by atoms with Crippen LogP contribution in [0.4, 0.5) is 5.69 Å². The predicted molar refractivity (Wildman–Crippen MR) is 94.1 cm³/mol. The normalized spacial score (nSPS) is 20.3. The summed E-state index contributed by atoms with van der Waals surface area (Å²) >= 11 is 0. The van der Waals surface area contributed by atoms with Crippen molar-refractivity contribution in [3.8, 4) is 5.75 Å². The molecule has 132 valence electrons. The third kappa shape index (κ3) is 4.71. The first-order chi connectivity index (χ1) is 11.5. The Kier molecular flexibility index (Phi) is 6.61. The maximum Gasteiger partial charge on any atom is 0.244 e. The number of para-hydroxylation sites is 2. The Hall–Kier alpha value is -2.08. The van der Waals surface area contributed by atoms with E-state index in [0.29, 0.717) is 24.0 Å². The number of hydrogen-bond acceptors (Lipinski definition) is 4. The zero-order valence-electron chi connectivity index (χ0n) is 14.7. The number of likely N-dealkylation sites (N-methyl/N-ethyl adjacent to an activating group) is 1. The molecule has 0 aliphatic carbocycles. The number of carbonyl (C=O) groups excluding carboxylic acids is 2.